The van der Waals surface area contributed by atoms with Crippen molar-refractivity contribution in [1.29, 1.82) is 0 Å². The fourth-order valence-corrected chi connectivity index (χ4v) is 0.913. The van der Waals surface area contributed by atoms with E-state index in [0.717, 1.165) is 5.76 Å². The molecule has 2 heterocycles. The van der Waals surface area contributed by atoms with Crippen LogP contribution in [-0.2, 0) is 7.05 Å². The van der Waals surface area contributed by atoms with Crippen molar-refractivity contribution in [3.63, 3.8) is 0 Å². The van der Waals surface area contributed by atoms with Gasteiger partial charge in [-0.1, -0.05) is 0 Å². The van der Waals surface area contributed by atoms with E-state index in [1.165, 1.54) is 0 Å². The molecule has 0 amide bonds. The van der Waals surface area contributed by atoms with E-state index < -0.39 is 0 Å². The predicted molar refractivity (Wildman–Crippen MR) is 45.1 cm³/mol. The summed E-state index contributed by atoms with van der Waals surface area (Å²) in [5.41, 5.74) is 0. The van der Waals surface area contributed by atoms with Gasteiger partial charge in [-0.2, -0.15) is 0 Å². The molecule has 0 aliphatic carbocycles. The van der Waals surface area contributed by atoms with Crippen molar-refractivity contribution >= 4 is 6.21 Å². The number of halogens is 1. The van der Waals surface area contributed by atoms with Gasteiger partial charge in [-0.3, -0.25) is 0 Å². The standard InChI is InChI=1S/C8H9N4O.HI/c1-11-7-12(6-10-11)9-5-8-3-2-4-13-8;/h2-7H,1H3;1H/q+1;/p-1. The average molecular weight is 304 g/mol. The van der Waals surface area contributed by atoms with Gasteiger partial charge in [-0.15, -0.1) is 14.5 Å². The van der Waals surface area contributed by atoms with E-state index >= 15 is 0 Å². The predicted octanol–water partition coefficient (Wildman–Crippen LogP) is -2.81. The van der Waals surface area contributed by atoms with Crippen LogP contribution in [-0.4, -0.2) is 16.0 Å². The van der Waals surface area contributed by atoms with Gasteiger partial charge in [0.1, 0.15) is 12.0 Å². The van der Waals surface area contributed by atoms with Crippen molar-refractivity contribution in [2.45, 2.75) is 0 Å². The summed E-state index contributed by atoms with van der Waals surface area (Å²) in [5.74, 6) is 0.719. The summed E-state index contributed by atoms with van der Waals surface area (Å²) in [4.78, 5) is 0. The molecule has 6 heteroatoms. The Labute approximate surface area is 98.1 Å². The molecule has 74 valence electrons. The zero-order chi connectivity index (χ0) is 9.10. The van der Waals surface area contributed by atoms with E-state index in [1.54, 1.807) is 34.5 Å². The molecule has 0 spiro atoms. The van der Waals surface area contributed by atoms with Crippen molar-refractivity contribution in [2.24, 2.45) is 12.1 Å². The number of aryl methyl sites for hydroxylation is 1. The summed E-state index contributed by atoms with van der Waals surface area (Å²) in [6.45, 7) is 0. The molecule has 0 saturated heterocycles. The molecule has 0 fully saturated rings. The molecular formula is C8H9IN4O. The van der Waals surface area contributed by atoms with Gasteiger partial charge in [0.15, 0.2) is 0 Å². The third-order valence-corrected chi connectivity index (χ3v) is 1.50. The Hall–Kier alpha value is -1.18. The minimum Gasteiger partial charge on any atom is -1.00 e. The molecule has 0 radical (unpaired) electrons. The van der Waals surface area contributed by atoms with Crippen molar-refractivity contribution in [1.82, 2.24) is 9.78 Å². The molecular weight excluding hydrogens is 295 g/mol. The maximum absolute atomic E-state index is 5.07. The lowest BCUT2D eigenvalue weighted by atomic mass is 10.5. The number of hydrogen-bond donors (Lipinski definition) is 0. The SMILES string of the molecule is Cn1c[n+](N=Cc2ccco2)cn1.[I-]. The fraction of sp³-hybridized carbons (Fsp3) is 0.125. The highest BCUT2D eigenvalue weighted by atomic mass is 127. The first-order chi connectivity index (χ1) is 6.34. The molecule has 0 bridgehead atoms. The van der Waals surface area contributed by atoms with Crippen LogP contribution in [0, 0.1) is 0 Å². The zero-order valence-electron chi connectivity index (χ0n) is 7.54. The van der Waals surface area contributed by atoms with Crippen molar-refractivity contribution < 1.29 is 33.1 Å². The molecule has 0 saturated carbocycles. The Kier molecular flexibility index (Phi) is 3.81. The molecule has 2 aromatic heterocycles. The third-order valence-electron chi connectivity index (χ3n) is 1.50. The van der Waals surface area contributed by atoms with E-state index in [9.17, 15) is 0 Å². The smallest absolute Gasteiger partial charge is 0.288 e. The monoisotopic (exact) mass is 304 g/mol. The Balaban J connectivity index is 0.000000980. The first-order valence-electron chi connectivity index (χ1n) is 3.82. The molecule has 5 nitrogen and oxygen atoms in total. The van der Waals surface area contributed by atoms with Crippen LogP contribution in [0.4, 0.5) is 0 Å². The lowest BCUT2D eigenvalue weighted by Crippen LogP contribution is -3.00. The van der Waals surface area contributed by atoms with Crippen molar-refractivity contribution in [3.05, 3.63) is 36.8 Å². The summed E-state index contributed by atoms with van der Waals surface area (Å²) < 4.78 is 8.34. The first-order valence-corrected chi connectivity index (χ1v) is 3.82. The van der Waals surface area contributed by atoms with Crippen LogP contribution in [0.2, 0.25) is 0 Å². The van der Waals surface area contributed by atoms with E-state index in [1.807, 2.05) is 19.2 Å². The minimum atomic E-state index is 0. The summed E-state index contributed by atoms with van der Waals surface area (Å²) in [6.07, 6.45) is 6.59. The number of aromatic nitrogens is 3. The summed E-state index contributed by atoms with van der Waals surface area (Å²) >= 11 is 0. The molecule has 0 unspecified atom stereocenters. The molecule has 0 aromatic carbocycles. The van der Waals surface area contributed by atoms with Crippen molar-refractivity contribution in [3.8, 4) is 0 Å². The molecule has 0 N–H and O–H groups in total. The normalized spacial score (nSPS) is 10.4. The second-order valence-corrected chi connectivity index (χ2v) is 2.56. The highest BCUT2D eigenvalue weighted by molar-refractivity contribution is 5.74. The van der Waals surface area contributed by atoms with Crippen molar-refractivity contribution in [2.75, 3.05) is 0 Å². The highest BCUT2D eigenvalue weighted by Gasteiger charge is 1.97. The molecule has 0 atom stereocenters. The maximum Gasteiger partial charge on any atom is 0.288 e. The number of rotatable bonds is 2. The fourth-order valence-electron chi connectivity index (χ4n) is 0.913. The van der Waals surface area contributed by atoms with Gasteiger partial charge >= 0.3 is 0 Å². The number of furan rings is 1. The molecule has 2 aromatic rings. The molecule has 2 rings (SSSR count). The Bertz CT molecular complexity index is 407. The summed E-state index contributed by atoms with van der Waals surface area (Å²) in [5, 5.41) is 8.04. The quantitative estimate of drug-likeness (QED) is 0.342. The summed E-state index contributed by atoms with van der Waals surface area (Å²) in [7, 11) is 1.83. The topological polar surface area (TPSA) is 47.2 Å². The number of nitrogens with zero attached hydrogens (tertiary/aromatic N) is 4. The third kappa shape index (κ3) is 2.66. The average Bonchev–Trinajstić information content (AvgIpc) is 2.71. The summed E-state index contributed by atoms with van der Waals surface area (Å²) in [6, 6.07) is 3.65. The van der Waals surface area contributed by atoms with Gasteiger partial charge in [0.05, 0.1) is 13.3 Å². The van der Waals surface area contributed by atoms with Gasteiger partial charge in [0, 0.05) is 5.10 Å². The lowest BCUT2D eigenvalue weighted by Gasteiger charge is -1.81. The van der Waals surface area contributed by atoms with Crippen LogP contribution in [0.15, 0.2) is 40.6 Å². The number of hydrogen-bond acceptors (Lipinski definition) is 3. The highest BCUT2D eigenvalue weighted by Crippen LogP contribution is 1.94. The van der Waals surface area contributed by atoms with E-state index in [-0.39, 0.29) is 24.0 Å². The van der Waals surface area contributed by atoms with Crippen LogP contribution >= 0.6 is 0 Å². The minimum absolute atomic E-state index is 0. The Morgan fingerprint density at radius 1 is 1.64 bits per heavy atom. The van der Waals surface area contributed by atoms with Gasteiger partial charge < -0.3 is 28.4 Å². The van der Waals surface area contributed by atoms with Crippen LogP contribution < -0.4 is 28.7 Å². The lowest BCUT2D eigenvalue weighted by molar-refractivity contribution is -0.679. The van der Waals surface area contributed by atoms with Crippen LogP contribution in [0.25, 0.3) is 0 Å². The maximum atomic E-state index is 5.07. The van der Waals surface area contributed by atoms with Gasteiger partial charge in [-0.25, -0.2) is 0 Å². The van der Waals surface area contributed by atoms with E-state index in [0.29, 0.717) is 0 Å². The van der Waals surface area contributed by atoms with Gasteiger partial charge in [-0.05, 0) is 12.1 Å². The van der Waals surface area contributed by atoms with E-state index in [4.69, 9.17) is 4.42 Å². The second-order valence-electron chi connectivity index (χ2n) is 2.56. The van der Waals surface area contributed by atoms with Gasteiger partial charge in [0.25, 0.3) is 6.33 Å². The second kappa shape index (κ2) is 4.89. The van der Waals surface area contributed by atoms with Crippen LogP contribution in [0.1, 0.15) is 5.76 Å². The Morgan fingerprint density at radius 2 is 2.50 bits per heavy atom. The van der Waals surface area contributed by atoms with Crippen LogP contribution in [0.3, 0.4) is 0 Å². The van der Waals surface area contributed by atoms with Crippen LogP contribution in [0.5, 0.6) is 0 Å². The molecule has 0 aliphatic rings. The Morgan fingerprint density at radius 3 is 3.07 bits per heavy atom. The molecule has 14 heavy (non-hydrogen) atoms. The molecule has 0 aliphatic heterocycles. The first kappa shape index (κ1) is 10.9. The zero-order valence-corrected chi connectivity index (χ0v) is 9.70. The van der Waals surface area contributed by atoms with Gasteiger partial charge in [0.2, 0.25) is 6.33 Å². The largest absolute Gasteiger partial charge is 1.00 e. The van der Waals surface area contributed by atoms with E-state index in [2.05, 4.69) is 10.2 Å².